The maximum atomic E-state index is 2.63. The summed E-state index contributed by atoms with van der Waals surface area (Å²) < 4.78 is 0. The van der Waals surface area contributed by atoms with Crippen LogP contribution in [0.1, 0.15) is 159 Å². The summed E-state index contributed by atoms with van der Waals surface area (Å²) in [6, 6.07) is 84.1. The summed E-state index contributed by atoms with van der Waals surface area (Å²) in [4.78, 5) is 5.03. The second-order valence-corrected chi connectivity index (χ2v) is 27.1. The monoisotopic (exact) mass is 1230 g/mol. The van der Waals surface area contributed by atoms with Gasteiger partial charge in [-0.1, -0.05) is 236 Å². The smallest absolute Gasteiger partial charge is 0.0520 e. The summed E-state index contributed by atoms with van der Waals surface area (Å²) in [5.74, 6) is 0. The normalized spacial score (nSPS) is 11.4. The van der Waals surface area contributed by atoms with Gasteiger partial charge in [0, 0.05) is 22.7 Å². The first kappa shape index (κ1) is 66.5. The van der Waals surface area contributed by atoms with Gasteiger partial charge in [-0.15, -0.1) is 0 Å². The Kier molecular flexibility index (Phi) is 21.8. The Balaban J connectivity index is 1.01. The summed E-state index contributed by atoms with van der Waals surface area (Å²) in [6.45, 7) is 27.4. The van der Waals surface area contributed by atoms with Crippen LogP contribution in [0.15, 0.2) is 218 Å². The van der Waals surface area contributed by atoms with E-state index in [0.717, 1.165) is 62.7 Å². The van der Waals surface area contributed by atoms with Crippen molar-refractivity contribution in [3.8, 4) is 66.8 Å². The SMILES string of the molecule is CCCCCCc1cc(-c2ccc(N(c3ccc(-c4ccc(C)cc4)cc3)c3c(C)cc(-c4ccc(CCC)cc4)cc3C)cc2C)c(CCCCCC)cc1-c1ccc(N(c2ccc(-c3ccc(C)cc3)cc2)c2c(C)cc(-c3ccc(CCC)cc3)cc2C)cc1C. The minimum Gasteiger partial charge on any atom is -0.310 e. The molecule has 0 spiro atoms. The molecule has 0 bridgehead atoms. The molecule has 0 saturated heterocycles. The molecule has 478 valence electrons. The summed E-state index contributed by atoms with van der Waals surface area (Å²) in [6.07, 6.45) is 16.3. The summed E-state index contributed by atoms with van der Waals surface area (Å²) >= 11 is 0. The Morgan fingerprint density at radius 1 is 0.223 bits per heavy atom. The predicted octanol–water partition coefficient (Wildman–Crippen LogP) is 27.2. The molecule has 0 radical (unpaired) electrons. The molecule has 11 aromatic rings. The van der Waals surface area contributed by atoms with E-state index < -0.39 is 0 Å². The zero-order valence-corrected chi connectivity index (χ0v) is 58.6. The van der Waals surface area contributed by atoms with E-state index in [1.54, 1.807) is 0 Å². The van der Waals surface area contributed by atoms with Crippen LogP contribution in [0.4, 0.5) is 34.1 Å². The Labute approximate surface area is 565 Å². The highest BCUT2D eigenvalue weighted by molar-refractivity contribution is 5.89. The van der Waals surface area contributed by atoms with Crippen LogP contribution in [-0.2, 0) is 25.7 Å². The van der Waals surface area contributed by atoms with Crippen LogP contribution in [0.2, 0.25) is 0 Å². The maximum Gasteiger partial charge on any atom is 0.0520 e. The number of hydrogen-bond donors (Lipinski definition) is 0. The zero-order valence-electron chi connectivity index (χ0n) is 58.6. The van der Waals surface area contributed by atoms with Crippen molar-refractivity contribution in [1.82, 2.24) is 0 Å². The first-order valence-corrected chi connectivity index (χ1v) is 35.5. The van der Waals surface area contributed by atoms with Crippen molar-refractivity contribution < 1.29 is 0 Å². The number of nitrogens with zero attached hydrogens (tertiary/aromatic N) is 2. The lowest BCUT2D eigenvalue weighted by Gasteiger charge is -2.30. The number of rotatable bonds is 26. The van der Waals surface area contributed by atoms with Crippen molar-refractivity contribution in [2.75, 3.05) is 9.80 Å². The van der Waals surface area contributed by atoms with Crippen LogP contribution in [0, 0.1) is 55.4 Å². The molecule has 2 heteroatoms. The molecule has 0 heterocycles. The Bertz CT molecular complexity index is 4000. The van der Waals surface area contributed by atoms with Crippen LogP contribution < -0.4 is 9.80 Å². The van der Waals surface area contributed by atoms with E-state index in [2.05, 4.69) is 311 Å². The Morgan fingerprint density at radius 2 is 0.521 bits per heavy atom. The van der Waals surface area contributed by atoms with E-state index in [-0.39, 0.29) is 0 Å². The van der Waals surface area contributed by atoms with Gasteiger partial charge in [-0.2, -0.15) is 0 Å². The maximum absolute atomic E-state index is 2.63. The summed E-state index contributed by atoms with van der Waals surface area (Å²) in [5, 5.41) is 0. The van der Waals surface area contributed by atoms with Gasteiger partial charge in [0.25, 0.3) is 0 Å². The van der Waals surface area contributed by atoms with Crippen LogP contribution in [0.3, 0.4) is 0 Å². The third kappa shape index (κ3) is 15.3. The van der Waals surface area contributed by atoms with Gasteiger partial charge in [-0.3, -0.25) is 0 Å². The third-order valence-electron chi connectivity index (χ3n) is 19.5. The Morgan fingerprint density at radius 3 is 0.830 bits per heavy atom. The molecule has 0 aliphatic heterocycles. The topological polar surface area (TPSA) is 6.48 Å². The average molecular weight is 1230 g/mol. The van der Waals surface area contributed by atoms with E-state index in [1.807, 2.05) is 0 Å². The number of hydrogen-bond acceptors (Lipinski definition) is 2. The van der Waals surface area contributed by atoms with Gasteiger partial charge in [-0.25, -0.2) is 0 Å². The molecular weight excluding hydrogens is 1130 g/mol. The van der Waals surface area contributed by atoms with Crippen molar-refractivity contribution in [1.29, 1.82) is 0 Å². The van der Waals surface area contributed by atoms with Gasteiger partial charge < -0.3 is 9.80 Å². The van der Waals surface area contributed by atoms with Crippen LogP contribution >= 0.6 is 0 Å². The zero-order chi connectivity index (χ0) is 65.8. The quantitative estimate of drug-likeness (QED) is 0.0499. The van der Waals surface area contributed by atoms with Crippen molar-refractivity contribution in [2.45, 2.75) is 173 Å². The van der Waals surface area contributed by atoms with Crippen molar-refractivity contribution in [3.05, 3.63) is 285 Å². The molecule has 0 aromatic heterocycles. The number of anilines is 6. The van der Waals surface area contributed by atoms with E-state index in [1.165, 1.54) is 195 Å². The average Bonchev–Trinajstić information content (AvgIpc) is 0.781. The number of aryl methyl sites for hydroxylation is 12. The van der Waals surface area contributed by atoms with E-state index in [0.29, 0.717) is 0 Å². The Hall–Kier alpha value is -8.98. The standard InChI is InChI=1S/C92H100N2/c1-13-17-19-21-25-79-61-90(88-54-52-86(60-66(88)8)94(84-49-45-76(46-50-84)74-37-29-64(6)30-38-74)92-69(11)57-82(58-70(92)12)78-41-33-72(24-16-4)34-42-78)80(26-22-20-18-14-2)62-89(79)87-53-51-85(59-65(87)7)93(83-47-43-75(44-48-83)73-35-27-63(5)28-36-73)91-67(9)55-81(56-68(91)10)77-39-31-71(23-15-3)32-40-77/h27-62H,13-26H2,1-12H3. The predicted molar refractivity (Wildman–Crippen MR) is 410 cm³/mol. The largest absolute Gasteiger partial charge is 0.310 e. The lowest BCUT2D eigenvalue weighted by atomic mass is 9.84. The molecule has 11 aromatic carbocycles. The van der Waals surface area contributed by atoms with Gasteiger partial charge in [0.2, 0.25) is 0 Å². The lowest BCUT2D eigenvalue weighted by molar-refractivity contribution is 0.664. The van der Waals surface area contributed by atoms with E-state index in [9.17, 15) is 0 Å². The molecular formula is C92H100N2. The minimum absolute atomic E-state index is 1.03. The van der Waals surface area contributed by atoms with Crippen LogP contribution in [-0.4, -0.2) is 0 Å². The highest BCUT2D eigenvalue weighted by Crippen LogP contribution is 2.47. The fraction of sp³-hybridized carbons (Fsp3) is 0.283. The highest BCUT2D eigenvalue weighted by atomic mass is 15.2. The second kappa shape index (κ2) is 30.8. The molecule has 0 aliphatic carbocycles. The van der Waals surface area contributed by atoms with Gasteiger partial charge in [-0.05, 0) is 289 Å². The molecule has 0 unspecified atom stereocenters. The van der Waals surface area contributed by atoms with E-state index in [4.69, 9.17) is 0 Å². The molecule has 11 rings (SSSR count). The third-order valence-corrected chi connectivity index (χ3v) is 19.5. The first-order valence-electron chi connectivity index (χ1n) is 35.5. The highest BCUT2D eigenvalue weighted by Gasteiger charge is 2.24. The van der Waals surface area contributed by atoms with Gasteiger partial charge in [0.15, 0.2) is 0 Å². The second-order valence-electron chi connectivity index (χ2n) is 27.1. The molecule has 0 aliphatic rings. The molecule has 94 heavy (non-hydrogen) atoms. The number of unbranched alkanes of at least 4 members (excludes halogenated alkanes) is 6. The van der Waals surface area contributed by atoms with Gasteiger partial charge in [0.1, 0.15) is 0 Å². The number of benzene rings is 11. The van der Waals surface area contributed by atoms with E-state index >= 15 is 0 Å². The van der Waals surface area contributed by atoms with Crippen molar-refractivity contribution in [2.24, 2.45) is 0 Å². The lowest BCUT2D eigenvalue weighted by Crippen LogP contribution is -2.13. The molecule has 0 atom stereocenters. The molecule has 2 nitrogen and oxygen atoms in total. The molecule has 0 fully saturated rings. The van der Waals surface area contributed by atoms with Gasteiger partial charge in [0.05, 0.1) is 11.4 Å². The fourth-order valence-electron chi connectivity index (χ4n) is 14.4. The summed E-state index contributed by atoms with van der Waals surface area (Å²) in [7, 11) is 0. The molecule has 0 saturated carbocycles. The summed E-state index contributed by atoms with van der Waals surface area (Å²) in [5.41, 5.74) is 38.2. The van der Waals surface area contributed by atoms with Crippen molar-refractivity contribution >= 4 is 34.1 Å². The minimum atomic E-state index is 1.03. The van der Waals surface area contributed by atoms with Crippen LogP contribution in [0.25, 0.3) is 66.8 Å². The first-order chi connectivity index (χ1) is 45.7. The fourth-order valence-corrected chi connectivity index (χ4v) is 14.4. The molecule has 0 amide bonds. The van der Waals surface area contributed by atoms with Gasteiger partial charge >= 0.3 is 0 Å². The molecule has 0 N–H and O–H groups in total. The van der Waals surface area contributed by atoms with Crippen molar-refractivity contribution in [3.63, 3.8) is 0 Å². The van der Waals surface area contributed by atoms with Crippen LogP contribution in [0.5, 0.6) is 0 Å².